The Hall–Kier alpha value is -1.99. The van der Waals surface area contributed by atoms with Crippen LogP contribution in [0, 0.1) is 11.8 Å². The summed E-state index contributed by atoms with van der Waals surface area (Å²) in [7, 11) is 0. The van der Waals surface area contributed by atoms with Gasteiger partial charge in [0, 0.05) is 31.9 Å². The molecule has 1 N–H and O–H groups in total. The lowest BCUT2D eigenvalue weighted by Crippen LogP contribution is -2.49. The van der Waals surface area contributed by atoms with E-state index in [2.05, 4.69) is 41.0 Å². The molecule has 4 heterocycles. The van der Waals surface area contributed by atoms with Crippen molar-refractivity contribution in [1.29, 1.82) is 0 Å². The number of likely N-dealkylation sites (tertiary alicyclic amines) is 2. The van der Waals surface area contributed by atoms with Crippen LogP contribution < -0.4 is 5.32 Å². The normalized spacial score (nSPS) is 21.6. The van der Waals surface area contributed by atoms with Gasteiger partial charge in [-0.05, 0) is 62.6 Å². The monoisotopic (exact) mass is 455 g/mol. The first-order valence-electron chi connectivity index (χ1n) is 12.2. The maximum Gasteiger partial charge on any atom is 0.265 e. The number of amides is 1. The number of pyridine rings is 1. The van der Waals surface area contributed by atoms with Crippen molar-refractivity contribution in [3.8, 4) is 0 Å². The second kappa shape index (κ2) is 10.8. The van der Waals surface area contributed by atoms with Gasteiger partial charge in [-0.1, -0.05) is 38.2 Å². The van der Waals surface area contributed by atoms with Crippen LogP contribution in [0.2, 0.25) is 0 Å². The van der Waals surface area contributed by atoms with Gasteiger partial charge in [-0.2, -0.15) is 0 Å². The first-order chi connectivity index (χ1) is 15.5. The van der Waals surface area contributed by atoms with Gasteiger partial charge >= 0.3 is 0 Å². The second-order valence-electron chi connectivity index (χ2n) is 9.88. The molecule has 0 saturated carbocycles. The number of nitrogens with zero attached hydrogens (tertiary/aromatic N) is 4. The summed E-state index contributed by atoms with van der Waals surface area (Å²) in [5, 5.41) is 4.32. The summed E-state index contributed by atoms with van der Waals surface area (Å²) in [4.78, 5) is 27.6. The number of carbonyl (C=O) groups is 1. The molecule has 7 heteroatoms. The standard InChI is InChI=1S/C25H37N5OS/c1-18(2)15-22(21-8-4-5-11-26-21)28-25-27-16-23(32-25)24(31)29-13-9-20(10-14-29)30-12-6-7-19(3)17-30/h4-5,8,11,16,18-20,22H,6-7,9-10,12-15,17H2,1-3H3,(H,27,28)/t19-,22?/m1/s1. The highest BCUT2D eigenvalue weighted by atomic mass is 32.1. The van der Waals surface area contributed by atoms with Crippen LogP contribution in [0.1, 0.15) is 74.3 Å². The molecular weight excluding hydrogens is 418 g/mol. The molecule has 0 bridgehead atoms. The summed E-state index contributed by atoms with van der Waals surface area (Å²) in [6.45, 7) is 10.9. The smallest absolute Gasteiger partial charge is 0.265 e. The Bertz CT molecular complexity index is 862. The molecule has 0 aromatic carbocycles. The van der Waals surface area contributed by atoms with Crippen LogP contribution in [-0.4, -0.2) is 57.9 Å². The van der Waals surface area contributed by atoms with Crippen LogP contribution in [0.15, 0.2) is 30.6 Å². The Balaban J connectivity index is 1.34. The Labute approximate surface area is 196 Å². The van der Waals surface area contributed by atoms with E-state index in [0.717, 1.165) is 54.0 Å². The molecule has 0 aliphatic carbocycles. The molecule has 4 rings (SSSR count). The Morgan fingerprint density at radius 1 is 1.19 bits per heavy atom. The molecule has 174 valence electrons. The van der Waals surface area contributed by atoms with Crippen molar-refractivity contribution in [3.05, 3.63) is 41.2 Å². The third-order valence-corrected chi connectivity index (χ3v) is 7.64. The summed E-state index contributed by atoms with van der Waals surface area (Å²) in [6.07, 6.45) is 9.36. The molecule has 6 nitrogen and oxygen atoms in total. The molecule has 1 amide bonds. The lowest BCUT2D eigenvalue weighted by Gasteiger charge is -2.41. The van der Waals surface area contributed by atoms with E-state index in [1.807, 2.05) is 29.3 Å². The average molecular weight is 456 g/mol. The van der Waals surface area contributed by atoms with Crippen molar-refractivity contribution in [2.45, 2.75) is 65.0 Å². The van der Waals surface area contributed by atoms with Crippen LogP contribution in [0.5, 0.6) is 0 Å². The predicted octanol–water partition coefficient (Wildman–Crippen LogP) is 5.07. The lowest BCUT2D eigenvalue weighted by atomic mass is 9.95. The van der Waals surface area contributed by atoms with Crippen molar-refractivity contribution < 1.29 is 4.79 Å². The zero-order valence-corrected chi connectivity index (χ0v) is 20.5. The van der Waals surface area contributed by atoms with Crippen LogP contribution >= 0.6 is 11.3 Å². The SMILES string of the molecule is CC(C)CC(Nc1ncc(C(=O)N2CCC(N3CCC[C@@H](C)C3)CC2)s1)c1ccccn1. The van der Waals surface area contributed by atoms with Gasteiger partial charge in [-0.15, -0.1) is 0 Å². The summed E-state index contributed by atoms with van der Waals surface area (Å²) < 4.78 is 0. The molecule has 2 saturated heterocycles. The van der Waals surface area contributed by atoms with E-state index in [0.29, 0.717) is 12.0 Å². The number of carbonyl (C=O) groups excluding carboxylic acids is 1. The first-order valence-corrected chi connectivity index (χ1v) is 13.0. The van der Waals surface area contributed by atoms with Gasteiger partial charge < -0.3 is 10.2 Å². The van der Waals surface area contributed by atoms with Crippen LogP contribution in [0.4, 0.5) is 5.13 Å². The van der Waals surface area contributed by atoms with Gasteiger partial charge in [0.05, 0.1) is 17.9 Å². The van der Waals surface area contributed by atoms with Gasteiger partial charge in [0.2, 0.25) is 0 Å². The molecule has 2 fully saturated rings. The number of hydrogen-bond acceptors (Lipinski definition) is 6. The maximum absolute atomic E-state index is 13.1. The van der Waals surface area contributed by atoms with E-state index < -0.39 is 0 Å². The highest BCUT2D eigenvalue weighted by molar-refractivity contribution is 7.17. The molecule has 2 aromatic heterocycles. The van der Waals surface area contributed by atoms with E-state index in [9.17, 15) is 4.79 Å². The number of piperidine rings is 2. The van der Waals surface area contributed by atoms with Gasteiger partial charge in [0.25, 0.3) is 5.91 Å². The van der Waals surface area contributed by atoms with Crippen molar-refractivity contribution >= 4 is 22.4 Å². The molecule has 2 aliphatic heterocycles. The third-order valence-electron chi connectivity index (χ3n) is 6.72. The minimum Gasteiger partial charge on any atom is -0.353 e. The number of nitrogens with one attached hydrogen (secondary N) is 1. The average Bonchev–Trinajstić information content (AvgIpc) is 3.27. The summed E-state index contributed by atoms with van der Waals surface area (Å²) in [6, 6.07) is 6.73. The van der Waals surface area contributed by atoms with Crippen LogP contribution in [0.3, 0.4) is 0 Å². The number of aromatic nitrogens is 2. The van der Waals surface area contributed by atoms with E-state index in [-0.39, 0.29) is 11.9 Å². The third kappa shape index (κ3) is 5.87. The van der Waals surface area contributed by atoms with Crippen molar-refractivity contribution in [2.75, 3.05) is 31.5 Å². The van der Waals surface area contributed by atoms with Crippen LogP contribution in [-0.2, 0) is 0 Å². The highest BCUT2D eigenvalue weighted by Crippen LogP contribution is 2.29. The topological polar surface area (TPSA) is 61.4 Å². The zero-order valence-electron chi connectivity index (χ0n) is 19.7. The van der Waals surface area contributed by atoms with E-state index >= 15 is 0 Å². The number of rotatable bonds is 7. The molecule has 1 unspecified atom stereocenters. The summed E-state index contributed by atoms with van der Waals surface area (Å²) in [5.41, 5.74) is 1.01. The summed E-state index contributed by atoms with van der Waals surface area (Å²) >= 11 is 1.46. The van der Waals surface area contributed by atoms with Crippen molar-refractivity contribution in [3.63, 3.8) is 0 Å². The fraction of sp³-hybridized carbons (Fsp3) is 0.640. The highest BCUT2D eigenvalue weighted by Gasteiger charge is 2.30. The van der Waals surface area contributed by atoms with Gasteiger partial charge in [0.15, 0.2) is 5.13 Å². The number of thiazole rings is 1. The molecule has 32 heavy (non-hydrogen) atoms. The van der Waals surface area contributed by atoms with Gasteiger partial charge in [0.1, 0.15) is 4.88 Å². The Kier molecular flexibility index (Phi) is 7.79. The minimum absolute atomic E-state index is 0.0907. The Morgan fingerprint density at radius 3 is 2.69 bits per heavy atom. The van der Waals surface area contributed by atoms with E-state index in [4.69, 9.17) is 0 Å². The van der Waals surface area contributed by atoms with E-state index in [1.54, 1.807) is 6.20 Å². The molecule has 2 aliphatic rings. The number of anilines is 1. The quantitative estimate of drug-likeness (QED) is 0.631. The zero-order chi connectivity index (χ0) is 22.5. The van der Waals surface area contributed by atoms with Crippen LogP contribution in [0.25, 0.3) is 0 Å². The Morgan fingerprint density at radius 2 is 2.00 bits per heavy atom. The van der Waals surface area contributed by atoms with Crippen molar-refractivity contribution in [1.82, 2.24) is 19.8 Å². The minimum atomic E-state index is 0.0907. The molecular formula is C25H37N5OS. The largest absolute Gasteiger partial charge is 0.353 e. The molecule has 0 spiro atoms. The van der Waals surface area contributed by atoms with Crippen molar-refractivity contribution in [2.24, 2.45) is 11.8 Å². The van der Waals surface area contributed by atoms with Gasteiger partial charge in [-0.3, -0.25) is 14.7 Å². The lowest BCUT2D eigenvalue weighted by molar-refractivity contribution is 0.0545. The maximum atomic E-state index is 13.1. The predicted molar refractivity (Wildman–Crippen MR) is 131 cm³/mol. The van der Waals surface area contributed by atoms with Gasteiger partial charge in [-0.25, -0.2) is 4.98 Å². The number of hydrogen-bond donors (Lipinski definition) is 1. The summed E-state index contributed by atoms with van der Waals surface area (Å²) in [5.74, 6) is 1.45. The first kappa shape index (κ1) is 23.2. The second-order valence-corrected chi connectivity index (χ2v) is 10.9. The fourth-order valence-electron chi connectivity index (χ4n) is 5.04. The molecule has 0 radical (unpaired) electrons. The fourth-order valence-corrected chi connectivity index (χ4v) is 5.88. The molecule has 2 aromatic rings. The van der Waals surface area contributed by atoms with E-state index in [1.165, 1.54) is 37.3 Å². The molecule has 2 atom stereocenters.